The van der Waals surface area contributed by atoms with E-state index >= 15 is 0 Å². The van der Waals surface area contributed by atoms with Crippen molar-refractivity contribution in [3.05, 3.63) is 65.2 Å². The maximum Gasteiger partial charge on any atom is 0.276 e. The summed E-state index contributed by atoms with van der Waals surface area (Å²) in [5, 5.41) is 7.88. The van der Waals surface area contributed by atoms with E-state index in [0.717, 1.165) is 16.0 Å². The molecule has 0 saturated carbocycles. The third kappa shape index (κ3) is 4.41. The summed E-state index contributed by atoms with van der Waals surface area (Å²) in [5.74, 6) is 0.105. The number of anilines is 2. The van der Waals surface area contributed by atoms with Crippen LogP contribution in [0, 0.1) is 0 Å². The third-order valence-corrected chi connectivity index (χ3v) is 5.58. The van der Waals surface area contributed by atoms with Crippen LogP contribution in [-0.4, -0.2) is 28.4 Å². The molecule has 0 radical (unpaired) electrons. The van der Waals surface area contributed by atoms with E-state index in [0.29, 0.717) is 22.4 Å². The number of benzene rings is 2. The Bertz CT molecular complexity index is 1170. The lowest BCUT2D eigenvalue weighted by molar-refractivity contribution is 0.101. The average Bonchev–Trinajstić information content (AvgIpc) is 3.35. The van der Waals surface area contributed by atoms with Gasteiger partial charge in [-0.2, -0.15) is 0 Å². The first kappa shape index (κ1) is 19.0. The van der Waals surface area contributed by atoms with Crippen LogP contribution in [0.4, 0.5) is 10.3 Å². The molecule has 4 aromatic rings. The minimum Gasteiger partial charge on any atom is -0.494 e. The highest BCUT2D eigenvalue weighted by atomic mass is 32.1. The molecule has 2 heterocycles. The van der Waals surface area contributed by atoms with Crippen LogP contribution < -0.4 is 15.4 Å². The van der Waals surface area contributed by atoms with E-state index in [4.69, 9.17) is 4.74 Å². The van der Waals surface area contributed by atoms with Crippen molar-refractivity contribution >= 4 is 55.0 Å². The highest BCUT2D eigenvalue weighted by Crippen LogP contribution is 2.29. The zero-order chi connectivity index (χ0) is 20.2. The van der Waals surface area contributed by atoms with Gasteiger partial charge < -0.3 is 4.74 Å². The summed E-state index contributed by atoms with van der Waals surface area (Å²) in [4.78, 5) is 33.3. The minimum atomic E-state index is -0.384. The molecule has 0 aliphatic carbocycles. The molecule has 2 aromatic heterocycles. The fourth-order valence-corrected chi connectivity index (χ4v) is 4.15. The fourth-order valence-electron chi connectivity index (χ4n) is 2.57. The maximum atomic E-state index is 12.5. The van der Waals surface area contributed by atoms with Crippen LogP contribution in [0.15, 0.2) is 53.9 Å². The van der Waals surface area contributed by atoms with E-state index in [-0.39, 0.29) is 17.5 Å². The third-order valence-electron chi connectivity index (χ3n) is 3.88. The minimum absolute atomic E-state index is 0.215. The van der Waals surface area contributed by atoms with Gasteiger partial charge in [0.15, 0.2) is 10.3 Å². The lowest BCUT2D eigenvalue weighted by Gasteiger charge is -2.01. The number of hydrogen-bond donors (Lipinski definition) is 2. The van der Waals surface area contributed by atoms with Crippen molar-refractivity contribution in [1.82, 2.24) is 9.97 Å². The predicted molar refractivity (Wildman–Crippen MR) is 115 cm³/mol. The zero-order valence-corrected chi connectivity index (χ0v) is 17.0. The van der Waals surface area contributed by atoms with Gasteiger partial charge in [-0.3, -0.25) is 20.2 Å². The monoisotopic (exact) mass is 424 g/mol. The summed E-state index contributed by atoms with van der Waals surface area (Å²) < 4.78 is 6.41. The first-order valence-electron chi connectivity index (χ1n) is 8.79. The largest absolute Gasteiger partial charge is 0.494 e. The van der Waals surface area contributed by atoms with Crippen molar-refractivity contribution in [2.45, 2.75) is 6.92 Å². The molecule has 4 rings (SSSR count). The van der Waals surface area contributed by atoms with Gasteiger partial charge in [0.25, 0.3) is 11.8 Å². The molecule has 2 amide bonds. The summed E-state index contributed by atoms with van der Waals surface area (Å²) >= 11 is 2.54. The zero-order valence-electron chi connectivity index (χ0n) is 15.3. The number of aromatic nitrogens is 2. The number of amides is 2. The molecule has 0 aliphatic heterocycles. The van der Waals surface area contributed by atoms with Gasteiger partial charge in [-0.15, -0.1) is 11.3 Å². The molecule has 0 unspecified atom stereocenters. The maximum absolute atomic E-state index is 12.5. The number of hydrogen-bond acceptors (Lipinski definition) is 7. The van der Waals surface area contributed by atoms with Gasteiger partial charge in [0.1, 0.15) is 11.4 Å². The Kier molecular flexibility index (Phi) is 5.50. The number of nitrogens with zero attached hydrogens (tertiary/aromatic N) is 2. The molecule has 0 fully saturated rings. The summed E-state index contributed by atoms with van der Waals surface area (Å²) in [6.07, 6.45) is 0. The Hall–Kier alpha value is -3.30. The van der Waals surface area contributed by atoms with E-state index in [1.807, 2.05) is 31.2 Å². The van der Waals surface area contributed by atoms with Gasteiger partial charge in [-0.25, -0.2) is 9.97 Å². The van der Waals surface area contributed by atoms with Crippen molar-refractivity contribution in [2.24, 2.45) is 0 Å². The number of fused-ring (bicyclic) bond motifs is 1. The topological polar surface area (TPSA) is 93.2 Å². The molecule has 0 bridgehead atoms. The van der Waals surface area contributed by atoms with Crippen molar-refractivity contribution in [3.63, 3.8) is 0 Å². The molecule has 0 saturated heterocycles. The van der Waals surface area contributed by atoms with Gasteiger partial charge in [-0.1, -0.05) is 29.5 Å². The summed E-state index contributed by atoms with van der Waals surface area (Å²) in [6, 6.07) is 14.4. The molecule has 2 aromatic carbocycles. The van der Waals surface area contributed by atoms with E-state index in [1.54, 1.807) is 29.6 Å². The Balaban J connectivity index is 1.44. The van der Waals surface area contributed by atoms with Crippen molar-refractivity contribution in [2.75, 3.05) is 17.2 Å². The lowest BCUT2D eigenvalue weighted by atomic mass is 10.2. The van der Waals surface area contributed by atoms with Crippen LogP contribution in [-0.2, 0) is 0 Å². The molecular weight excluding hydrogens is 408 g/mol. The second-order valence-corrected chi connectivity index (χ2v) is 7.78. The van der Waals surface area contributed by atoms with Gasteiger partial charge in [0, 0.05) is 10.9 Å². The molecule has 7 nitrogen and oxygen atoms in total. The highest BCUT2D eigenvalue weighted by Gasteiger charge is 2.15. The number of carbonyl (C=O) groups excluding carboxylic acids is 2. The Morgan fingerprint density at radius 2 is 1.79 bits per heavy atom. The molecule has 2 N–H and O–H groups in total. The fraction of sp³-hybridized carbons (Fsp3) is 0.100. The average molecular weight is 425 g/mol. The standard InChI is InChI=1S/C20H16N4O3S2/c1-2-27-13-8-9-14-16(10-13)29-20(21-14)24-18(26)15-11-28-19(22-15)23-17(25)12-6-4-3-5-7-12/h3-11H,2H2,1H3,(H,21,24,26)(H,22,23,25). The molecule has 0 atom stereocenters. The van der Waals surface area contributed by atoms with Crippen LogP contribution in [0.2, 0.25) is 0 Å². The van der Waals surface area contributed by atoms with E-state index in [1.165, 1.54) is 22.7 Å². The smallest absolute Gasteiger partial charge is 0.276 e. The number of nitrogens with one attached hydrogen (secondary N) is 2. The van der Waals surface area contributed by atoms with Gasteiger partial charge >= 0.3 is 0 Å². The summed E-state index contributed by atoms with van der Waals surface area (Å²) in [5.41, 5.74) is 1.52. The van der Waals surface area contributed by atoms with E-state index in [9.17, 15) is 9.59 Å². The number of ether oxygens (including phenoxy) is 1. The Labute approximate surface area is 174 Å². The number of thiazole rings is 2. The second kappa shape index (κ2) is 8.38. The molecule has 29 heavy (non-hydrogen) atoms. The summed E-state index contributed by atoms with van der Waals surface area (Å²) in [6.45, 7) is 2.51. The van der Waals surface area contributed by atoms with Crippen molar-refractivity contribution in [1.29, 1.82) is 0 Å². The summed E-state index contributed by atoms with van der Waals surface area (Å²) in [7, 11) is 0. The van der Waals surface area contributed by atoms with Crippen molar-refractivity contribution < 1.29 is 14.3 Å². The van der Waals surface area contributed by atoms with E-state index in [2.05, 4.69) is 20.6 Å². The van der Waals surface area contributed by atoms with Gasteiger partial charge in [-0.05, 0) is 37.3 Å². The second-order valence-electron chi connectivity index (χ2n) is 5.89. The van der Waals surface area contributed by atoms with Crippen LogP contribution in [0.1, 0.15) is 27.8 Å². The quantitative estimate of drug-likeness (QED) is 0.470. The Morgan fingerprint density at radius 3 is 2.59 bits per heavy atom. The molecule has 9 heteroatoms. The van der Waals surface area contributed by atoms with Gasteiger partial charge in [0.2, 0.25) is 0 Å². The van der Waals surface area contributed by atoms with Gasteiger partial charge in [0.05, 0.1) is 16.8 Å². The van der Waals surface area contributed by atoms with Crippen LogP contribution in [0.5, 0.6) is 5.75 Å². The SMILES string of the molecule is CCOc1ccc2nc(NC(=O)c3csc(NC(=O)c4ccccc4)n3)sc2c1. The lowest BCUT2D eigenvalue weighted by Crippen LogP contribution is -2.14. The van der Waals surface area contributed by atoms with Crippen LogP contribution >= 0.6 is 22.7 Å². The van der Waals surface area contributed by atoms with Crippen LogP contribution in [0.3, 0.4) is 0 Å². The first-order valence-corrected chi connectivity index (χ1v) is 10.5. The normalized spacial score (nSPS) is 10.7. The van der Waals surface area contributed by atoms with Crippen LogP contribution in [0.25, 0.3) is 10.2 Å². The van der Waals surface area contributed by atoms with Crippen molar-refractivity contribution in [3.8, 4) is 5.75 Å². The molecular formula is C20H16N4O3S2. The highest BCUT2D eigenvalue weighted by molar-refractivity contribution is 7.22. The first-order chi connectivity index (χ1) is 14.1. The molecule has 146 valence electrons. The Morgan fingerprint density at radius 1 is 1.00 bits per heavy atom. The number of rotatable bonds is 6. The predicted octanol–water partition coefficient (Wildman–Crippen LogP) is 4.66. The molecule has 0 spiro atoms. The van der Waals surface area contributed by atoms with E-state index < -0.39 is 0 Å². The molecule has 0 aliphatic rings. The number of carbonyl (C=O) groups is 2.